The van der Waals surface area contributed by atoms with E-state index in [-0.39, 0.29) is 12.4 Å². The highest BCUT2D eigenvalue weighted by Gasteiger charge is 2.26. The molecule has 1 aromatic carbocycles. The van der Waals surface area contributed by atoms with Gasteiger partial charge in [0.05, 0.1) is 11.9 Å². The Hall–Kier alpha value is -2.58. The number of hydrogen-bond acceptors (Lipinski definition) is 5. The van der Waals surface area contributed by atoms with Gasteiger partial charge in [-0.05, 0) is 37.6 Å². The zero-order valence-electron chi connectivity index (χ0n) is 15.3. The van der Waals surface area contributed by atoms with Crippen molar-refractivity contribution >= 4 is 0 Å². The van der Waals surface area contributed by atoms with E-state index < -0.39 is 0 Å². The van der Waals surface area contributed by atoms with Crippen LogP contribution in [-0.2, 0) is 20.2 Å². The molecule has 3 heterocycles. The number of benzene rings is 1. The van der Waals surface area contributed by atoms with Gasteiger partial charge in [0.25, 0.3) is 0 Å². The van der Waals surface area contributed by atoms with Crippen LogP contribution in [0.5, 0.6) is 0 Å². The lowest BCUT2D eigenvalue weighted by Gasteiger charge is -2.31. The molecule has 0 bridgehead atoms. The minimum absolute atomic E-state index is 0.0980. The molecule has 4 rings (SSSR count). The van der Waals surface area contributed by atoms with Gasteiger partial charge in [0, 0.05) is 37.8 Å². The summed E-state index contributed by atoms with van der Waals surface area (Å²) in [6, 6.07) is 6.42. The molecule has 1 atom stereocenters. The summed E-state index contributed by atoms with van der Waals surface area (Å²) in [7, 11) is 1.91. The van der Waals surface area contributed by atoms with Crippen LogP contribution in [0.25, 0.3) is 5.69 Å². The first-order chi connectivity index (χ1) is 13.1. The normalized spacial score (nSPS) is 18.1. The molecule has 1 unspecified atom stereocenters. The fourth-order valence-electron chi connectivity index (χ4n) is 3.74. The van der Waals surface area contributed by atoms with Crippen LogP contribution < -0.4 is 0 Å². The van der Waals surface area contributed by atoms with Crippen LogP contribution in [0.15, 0.2) is 36.7 Å². The van der Waals surface area contributed by atoms with Crippen molar-refractivity contribution in [1.29, 1.82) is 0 Å². The molecule has 0 saturated carbocycles. The molecule has 8 heteroatoms. The first kappa shape index (κ1) is 17.8. The van der Waals surface area contributed by atoms with E-state index in [9.17, 15) is 9.50 Å². The van der Waals surface area contributed by atoms with Crippen molar-refractivity contribution in [3.8, 4) is 5.69 Å². The maximum Gasteiger partial charge on any atom is 0.158 e. The summed E-state index contributed by atoms with van der Waals surface area (Å²) >= 11 is 0. The van der Waals surface area contributed by atoms with E-state index in [0.717, 1.165) is 43.9 Å². The van der Waals surface area contributed by atoms with E-state index in [0.29, 0.717) is 17.4 Å². The number of aliphatic hydroxyl groups excluding tert-OH is 1. The minimum Gasteiger partial charge on any atom is -0.388 e. The predicted molar refractivity (Wildman–Crippen MR) is 97.7 cm³/mol. The zero-order valence-corrected chi connectivity index (χ0v) is 15.3. The van der Waals surface area contributed by atoms with Gasteiger partial charge in [-0.2, -0.15) is 5.10 Å². The number of rotatable bonds is 5. The molecule has 1 saturated heterocycles. The van der Waals surface area contributed by atoms with Crippen molar-refractivity contribution in [1.82, 2.24) is 29.4 Å². The largest absolute Gasteiger partial charge is 0.388 e. The van der Waals surface area contributed by atoms with Crippen molar-refractivity contribution in [2.24, 2.45) is 7.05 Å². The third kappa shape index (κ3) is 3.77. The number of piperidine rings is 1. The molecular weight excluding hydrogens is 347 g/mol. The summed E-state index contributed by atoms with van der Waals surface area (Å²) in [4.78, 5) is 2.38. The van der Waals surface area contributed by atoms with Crippen LogP contribution >= 0.6 is 0 Å². The van der Waals surface area contributed by atoms with E-state index in [1.54, 1.807) is 10.7 Å². The second-order valence-corrected chi connectivity index (χ2v) is 7.04. The number of nitrogens with zero attached hydrogens (tertiary/aromatic N) is 6. The van der Waals surface area contributed by atoms with Gasteiger partial charge in [0.1, 0.15) is 18.2 Å². The molecule has 0 spiro atoms. The molecule has 0 amide bonds. The molecule has 0 aliphatic carbocycles. The Morgan fingerprint density at radius 3 is 2.96 bits per heavy atom. The van der Waals surface area contributed by atoms with Gasteiger partial charge < -0.3 is 9.67 Å². The molecule has 1 fully saturated rings. The smallest absolute Gasteiger partial charge is 0.158 e. The van der Waals surface area contributed by atoms with Crippen LogP contribution in [-0.4, -0.2) is 47.6 Å². The Kier molecular flexibility index (Phi) is 5.00. The van der Waals surface area contributed by atoms with E-state index in [4.69, 9.17) is 0 Å². The van der Waals surface area contributed by atoms with E-state index in [2.05, 4.69) is 20.2 Å². The molecule has 0 radical (unpaired) electrons. The Morgan fingerprint density at radius 2 is 2.19 bits per heavy atom. The van der Waals surface area contributed by atoms with E-state index in [1.807, 2.05) is 30.1 Å². The van der Waals surface area contributed by atoms with Crippen molar-refractivity contribution in [2.75, 3.05) is 13.1 Å². The first-order valence-electron chi connectivity index (χ1n) is 9.15. The summed E-state index contributed by atoms with van der Waals surface area (Å²) in [5.41, 5.74) is 1.81. The van der Waals surface area contributed by atoms with Crippen LogP contribution in [0.2, 0.25) is 0 Å². The predicted octanol–water partition coefficient (Wildman–Crippen LogP) is 2.01. The van der Waals surface area contributed by atoms with Gasteiger partial charge in [-0.25, -0.2) is 9.07 Å². The van der Waals surface area contributed by atoms with E-state index in [1.165, 1.54) is 12.1 Å². The molecule has 3 aromatic rings. The molecule has 7 nitrogen and oxygen atoms in total. The van der Waals surface area contributed by atoms with Crippen LogP contribution in [0.1, 0.15) is 36.0 Å². The molecule has 1 N–H and O–H groups in total. The lowest BCUT2D eigenvalue weighted by molar-refractivity contribution is 0.194. The maximum absolute atomic E-state index is 13.4. The second kappa shape index (κ2) is 7.58. The molecule has 27 heavy (non-hydrogen) atoms. The van der Waals surface area contributed by atoms with Gasteiger partial charge in [-0.1, -0.05) is 6.07 Å². The number of aromatic nitrogens is 5. The van der Waals surface area contributed by atoms with Gasteiger partial charge in [-0.15, -0.1) is 10.2 Å². The summed E-state index contributed by atoms with van der Waals surface area (Å²) in [5.74, 6) is 1.56. The zero-order chi connectivity index (χ0) is 18.8. The lowest BCUT2D eigenvalue weighted by atomic mass is 9.97. The monoisotopic (exact) mass is 370 g/mol. The van der Waals surface area contributed by atoms with Crippen LogP contribution in [0.4, 0.5) is 4.39 Å². The Balaban J connectivity index is 1.44. The Labute approximate surface area is 157 Å². The fourth-order valence-corrected chi connectivity index (χ4v) is 3.74. The van der Waals surface area contributed by atoms with Gasteiger partial charge in [0.15, 0.2) is 5.82 Å². The number of hydrogen-bond donors (Lipinski definition) is 1. The molecule has 2 aromatic heterocycles. The van der Waals surface area contributed by atoms with E-state index >= 15 is 0 Å². The minimum atomic E-state index is -0.269. The molecule has 1 aliphatic rings. The van der Waals surface area contributed by atoms with Gasteiger partial charge in [0.2, 0.25) is 0 Å². The highest BCUT2D eigenvalue weighted by atomic mass is 19.1. The highest BCUT2D eigenvalue weighted by molar-refractivity contribution is 5.31. The van der Waals surface area contributed by atoms with Crippen molar-refractivity contribution in [3.05, 3.63) is 59.7 Å². The summed E-state index contributed by atoms with van der Waals surface area (Å²) in [6.07, 6.45) is 5.94. The Bertz CT molecular complexity index is 921. The quantitative estimate of drug-likeness (QED) is 0.744. The molecular formula is C19H23FN6O. The number of halogens is 1. The standard InChI is InChI=1S/C19H23FN6O/c1-24-18(13-27)22-23-19(24)15-4-3-7-25(12-15)10-14-9-21-26(11-14)17-6-2-5-16(20)8-17/h2,5-6,8-9,11,15,27H,3-4,7,10,12-13H2,1H3. The maximum atomic E-state index is 13.4. The third-order valence-electron chi connectivity index (χ3n) is 5.13. The van der Waals surface area contributed by atoms with Crippen LogP contribution in [0.3, 0.4) is 0 Å². The lowest BCUT2D eigenvalue weighted by Crippen LogP contribution is -2.34. The van der Waals surface area contributed by atoms with Crippen LogP contribution in [0, 0.1) is 5.82 Å². The van der Waals surface area contributed by atoms with Crippen molar-refractivity contribution in [3.63, 3.8) is 0 Å². The first-order valence-corrected chi connectivity index (χ1v) is 9.15. The van der Waals surface area contributed by atoms with Crippen molar-refractivity contribution < 1.29 is 9.50 Å². The number of aliphatic hydroxyl groups is 1. The molecule has 1 aliphatic heterocycles. The van der Waals surface area contributed by atoms with Gasteiger partial charge in [-0.3, -0.25) is 4.90 Å². The topological polar surface area (TPSA) is 72.0 Å². The summed E-state index contributed by atoms with van der Waals surface area (Å²) in [5, 5.41) is 22.0. The highest BCUT2D eigenvalue weighted by Crippen LogP contribution is 2.26. The average molecular weight is 370 g/mol. The second-order valence-electron chi connectivity index (χ2n) is 7.04. The molecule has 142 valence electrons. The Morgan fingerprint density at radius 1 is 1.30 bits per heavy atom. The van der Waals surface area contributed by atoms with Crippen molar-refractivity contribution in [2.45, 2.75) is 31.9 Å². The summed E-state index contributed by atoms with van der Waals surface area (Å²) < 4.78 is 17.0. The third-order valence-corrected chi connectivity index (χ3v) is 5.13. The average Bonchev–Trinajstić information content (AvgIpc) is 3.28. The number of likely N-dealkylation sites (tertiary alicyclic amines) is 1. The summed E-state index contributed by atoms with van der Waals surface area (Å²) in [6.45, 7) is 2.60. The van der Waals surface area contributed by atoms with Gasteiger partial charge >= 0.3 is 0 Å². The fraction of sp³-hybridized carbons (Fsp3) is 0.421. The SMILES string of the molecule is Cn1c(CO)nnc1C1CCCN(Cc2cnn(-c3cccc(F)c3)c2)C1.